The molecule has 0 radical (unpaired) electrons. The largest absolute Gasteiger partial charge is 0.340 e. The summed E-state index contributed by atoms with van der Waals surface area (Å²) in [5.74, 6) is 1.11. The van der Waals surface area contributed by atoms with E-state index >= 15 is 0 Å². The Balaban J connectivity index is 1.17. The van der Waals surface area contributed by atoms with Gasteiger partial charge in [0, 0.05) is 18.0 Å². The van der Waals surface area contributed by atoms with Crippen molar-refractivity contribution in [3.63, 3.8) is 0 Å². The number of pyridine rings is 1. The van der Waals surface area contributed by atoms with Gasteiger partial charge in [-0.15, -0.1) is 0 Å². The van der Waals surface area contributed by atoms with Crippen LogP contribution in [0.25, 0.3) is 21.9 Å². The number of fused-ring (bicyclic) bond motifs is 3. The number of aryl methyl sites for hydroxylation is 1. The molecular formula is C28H43N3. The minimum absolute atomic E-state index is 1.03. The van der Waals surface area contributed by atoms with Gasteiger partial charge in [-0.25, -0.2) is 4.98 Å². The van der Waals surface area contributed by atoms with Crippen molar-refractivity contribution < 1.29 is 0 Å². The standard InChI is InChI=1S/C28H43N3/c1-2-3-4-5-6-7-8-9-10-11-12-13-14-15-16-17-20-26-30-25-22-21-24-19-18-23-29-27(24)28(25)31-26/h18-19,21-23H,2-17,20H2,1H3,(H,30,31). The predicted octanol–water partition coefficient (Wildman–Crippen LogP) is 8.92. The van der Waals surface area contributed by atoms with Crippen molar-refractivity contribution >= 4 is 21.9 Å². The van der Waals surface area contributed by atoms with Crippen molar-refractivity contribution in [3.05, 3.63) is 36.3 Å². The number of H-pyrrole nitrogens is 1. The Morgan fingerprint density at radius 3 is 1.87 bits per heavy atom. The molecule has 1 aromatic carbocycles. The molecule has 0 aliphatic rings. The molecule has 0 fully saturated rings. The van der Waals surface area contributed by atoms with E-state index in [1.54, 1.807) is 0 Å². The van der Waals surface area contributed by atoms with Crippen LogP contribution in [0, 0.1) is 0 Å². The van der Waals surface area contributed by atoms with E-state index in [1.807, 2.05) is 12.3 Å². The van der Waals surface area contributed by atoms with Gasteiger partial charge in [0.1, 0.15) is 5.82 Å². The Morgan fingerprint density at radius 2 is 1.26 bits per heavy atom. The number of imidazole rings is 1. The van der Waals surface area contributed by atoms with Crippen LogP contribution >= 0.6 is 0 Å². The van der Waals surface area contributed by atoms with E-state index < -0.39 is 0 Å². The Morgan fingerprint density at radius 1 is 0.677 bits per heavy atom. The molecule has 3 nitrogen and oxygen atoms in total. The third kappa shape index (κ3) is 8.27. The number of nitrogens with zero attached hydrogens (tertiary/aromatic N) is 2. The quantitative estimate of drug-likeness (QED) is 0.221. The van der Waals surface area contributed by atoms with Crippen molar-refractivity contribution in [2.45, 2.75) is 116 Å². The van der Waals surface area contributed by atoms with Crippen molar-refractivity contribution in [1.82, 2.24) is 15.0 Å². The summed E-state index contributed by atoms with van der Waals surface area (Å²) in [6, 6.07) is 8.32. The van der Waals surface area contributed by atoms with Crippen LogP contribution in [0.15, 0.2) is 30.5 Å². The molecule has 0 saturated heterocycles. The lowest BCUT2D eigenvalue weighted by Crippen LogP contribution is -1.89. The first-order chi connectivity index (χ1) is 15.4. The van der Waals surface area contributed by atoms with Crippen LogP contribution < -0.4 is 0 Å². The predicted molar refractivity (Wildman–Crippen MR) is 135 cm³/mol. The van der Waals surface area contributed by atoms with Crippen LogP contribution in [0.2, 0.25) is 0 Å². The van der Waals surface area contributed by atoms with Gasteiger partial charge in [-0.2, -0.15) is 0 Å². The minimum atomic E-state index is 1.03. The van der Waals surface area contributed by atoms with E-state index in [2.05, 4.69) is 35.1 Å². The van der Waals surface area contributed by atoms with Gasteiger partial charge in [0.15, 0.2) is 0 Å². The number of hydrogen-bond acceptors (Lipinski definition) is 2. The molecular weight excluding hydrogens is 378 g/mol. The van der Waals surface area contributed by atoms with Crippen LogP contribution in [-0.2, 0) is 6.42 Å². The Labute approximate surface area is 189 Å². The number of benzene rings is 1. The van der Waals surface area contributed by atoms with E-state index in [1.165, 1.54) is 108 Å². The number of aromatic amines is 1. The second-order valence-electron chi connectivity index (χ2n) is 9.27. The fourth-order valence-corrected chi connectivity index (χ4v) is 4.63. The maximum absolute atomic E-state index is 4.77. The molecule has 3 aromatic rings. The van der Waals surface area contributed by atoms with Crippen LogP contribution in [0.5, 0.6) is 0 Å². The summed E-state index contributed by atoms with van der Waals surface area (Å²) >= 11 is 0. The average Bonchev–Trinajstić information content (AvgIpc) is 3.22. The highest BCUT2D eigenvalue weighted by Gasteiger charge is 2.07. The lowest BCUT2D eigenvalue weighted by Gasteiger charge is -2.03. The molecule has 0 spiro atoms. The van der Waals surface area contributed by atoms with Crippen molar-refractivity contribution in [2.24, 2.45) is 0 Å². The van der Waals surface area contributed by atoms with E-state index in [4.69, 9.17) is 4.98 Å². The Kier molecular flexibility index (Phi) is 10.9. The normalized spacial score (nSPS) is 11.6. The maximum atomic E-state index is 4.77. The highest BCUT2D eigenvalue weighted by atomic mass is 14.9. The van der Waals surface area contributed by atoms with Gasteiger partial charge in [0.25, 0.3) is 0 Å². The molecule has 0 amide bonds. The summed E-state index contributed by atoms with van der Waals surface area (Å²) in [7, 11) is 0. The second kappa shape index (κ2) is 14.2. The van der Waals surface area contributed by atoms with Crippen LogP contribution in [0.4, 0.5) is 0 Å². The number of nitrogens with one attached hydrogen (secondary N) is 1. The maximum Gasteiger partial charge on any atom is 0.107 e. The monoisotopic (exact) mass is 421 g/mol. The molecule has 31 heavy (non-hydrogen) atoms. The molecule has 3 rings (SSSR count). The van der Waals surface area contributed by atoms with Gasteiger partial charge in [-0.1, -0.05) is 115 Å². The zero-order valence-corrected chi connectivity index (χ0v) is 19.8. The summed E-state index contributed by atoms with van der Waals surface area (Å²) in [6.45, 7) is 2.29. The third-order valence-corrected chi connectivity index (χ3v) is 6.54. The lowest BCUT2D eigenvalue weighted by molar-refractivity contribution is 0.529. The average molecular weight is 422 g/mol. The zero-order chi connectivity index (χ0) is 21.6. The molecule has 0 aliphatic carbocycles. The smallest absolute Gasteiger partial charge is 0.107 e. The van der Waals surface area contributed by atoms with Gasteiger partial charge in [-0.3, -0.25) is 4.98 Å². The summed E-state index contributed by atoms with van der Waals surface area (Å²) in [5, 5.41) is 1.17. The van der Waals surface area contributed by atoms with Crippen LogP contribution in [0.3, 0.4) is 0 Å². The molecule has 0 saturated carbocycles. The van der Waals surface area contributed by atoms with Gasteiger partial charge < -0.3 is 4.98 Å². The van der Waals surface area contributed by atoms with Gasteiger partial charge in [-0.05, 0) is 18.6 Å². The summed E-state index contributed by atoms with van der Waals surface area (Å²) in [6.07, 6.45) is 25.5. The fraction of sp³-hybridized carbons (Fsp3) is 0.643. The van der Waals surface area contributed by atoms with Crippen LogP contribution in [-0.4, -0.2) is 15.0 Å². The van der Waals surface area contributed by atoms with E-state index in [-0.39, 0.29) is 0 Å². The number of unbranched alkanes of at least 4 members (excludes halogenated alkanes) is 15. The molecule has 2 aromatic heterocycles. The molecule has 0 unspecified atom stereocenters. The van der Waals surface area contributed by atoms with E-state index in [0.717, 1.165) is 28.8 Å². The summed E-state index contributed by atoms with van der Waals surface area (Å²) in [4.78, 5) is 12.8. The zero-order valence-electron chi connectivity index (χ0n) is 19.8. The van der Waals surface area contributed by atoms with Gasteiger partial charge in [0.05, 0.1) is 16.6 Å². The molecule has 170 valence electrons. The first-order valence-electron chi connectivity index (χ1n) is 13.1. The fourth-order valence-electron chi connectivity index (χ4n) is 4.63. The first-order valence-corrected chi connectivity index (χ1v) is 13.1. The van der Waals surface area contributed by atoms with Crippen LogP contribution in [0.1, 0.15) is 115 Å². The minimum Gasteiger partial charge on any atom is -0.340 e. The summed E-state index contributed by atoms with van der Waals surface area (Å²) < 4.78 is 0. The highest BCUT2D eigenvalue weighted by Crippen LogP contribution is 2.22. The topological polar surface area (TPSA) is 41.6 Å². The number of rotatable bonds is 17. The molecule has 3 heteroatoms. The molecule has 2 heterocycles. The van der Waals surface area contributed by atoms with Crippen molar-refractivity contribution in [1.29, 1.82) is 0 Å². The third-order valence-electron chi connectivity index (χ3n) is 6.54. The Hall–Kier alpha value is -1.90. The van der Waals surface area contributed by atoms with Crippen molar-refractivity contribution in [2.75, 3.05) is 0 Å². The second-order valence-corrected chi connectivity index (χ2v) is 9.27. The number of hydrogen-bond donors (Lipinski definition) is 1. The van der Waals surface area contributed by atoms with Gasteiger partial charge >= 0.3 is 0 Å². The summed E-state index contributed by atoms with van der Waals surface area (Å²) in [5.41, 5.74) is 3.16. The highest BCUT2D eigenvalue weighted by molar-refractivity contribution is 6.01. The van der Waals surface area contributed by atoms with E-state index in [0.29, 0.717) is 0 Å². The van der Waals surface area contributed by atoms with Gasteiger partial charge in [0.2, 0.25) is 0 Å². The van der Waals surface area contributed by atoms with Crippen molar-refractivity contribution in [3.8, 4) is 0 Å². The first kappa shape index (κ1) is 23.8. The number of aromatic nitrogens is 3. The molecule has 1 N–H and O–H groups in total. The Bertz CT molecular complexity index is 867. The van der Waals surface area contributed by atoms with E-state index in [9.17, 15) is 0 Å². The molecule has 0 atom stereocenters. The molecule has 0 aliphatic heterocycles. The molecule has 0 bridgehead atoms. The SMILES string of the molecule is CCCCCCCCCCCCCCCCCCc1nc2ccc3cccnc3c2[nH]1. The lowest BCUT2D eigenvalue weighted by atomic mass is 10.0.